The van der Waals surface area contributed by atoms with E-state index in [-0.39, 0.29) is 6.04 Å². The molecule has 2 aromatic rings. The van der Waals surface area contributed by atoms with Crippen LogP contribution in [0.5, 0.6) is 0 Å². The summed E-state index contributed by atoms with van der Waals surface area (Å²) in [5.74, 6) is 2.12. The molecule has 0 aromatic carbocycles. The van der Waals surface area contributed by atoms with Crippen LogP contribution in [-0.2, 0) is 6.42 Å². The highest BCUT2D eigenvalue weighted by molar-refractivity contribution is 5.14. The largest absolute Gasteiger partial charge is 0.464 e. The number of pyridine rings is 1. The molecule has 1 fully saturated rings. The summed E-state index contributed by atoms with van der Waals surface area (Å²) in [5, 5.41) is 3.74. The van der Waals surface area contributed by atoms with Gasteiger partial charge in [0, 0.05) is 44.0 Å². The molecule has 0 spiro atoms. The van der Waals surface area contributed by atoms with Crippen molar-refractivity contribution in [1.82, 2.24) is 15.2 Å². The third-order valence-corrected chi connectivity index (χ3v) is 5.21. The van der Waals surface area contributed by atoms with Gasteiger partial charge in [-0.3, -0.25) is 9.88 Å². The maximum atomic E-state index is 5.87. The van der Waals surface area contributed by atoms with Crippen LogP contribution < -0.4 is 5.32 Å². The smallest absolute Gasteiger partial charge is 0.120 e. The second-order valence-electron chi connectivity index (χ2n) is 6.81. The summed E-state index contributed by atoms with van der Waals surface area (Å²) in [6, 6.07) is 9.75. The molecule has 1 N–H and O–H groups in total. The fraction of sp³-hybridized carbons (Fsp3) is 0.550. The quantitative estimate of drug-likeness (QED) is 0.867. The lowest BCUT2D eigenvalue weighted by Gasteiger charge is -2.37. The average Bonchev–Trinajstić information content (AvgIpc) is 3.12. The summed E-state index contributed by atoms with van der Waals surface area (Å²) in [5.41, 5.74) is 1.35. The molecule has 24 heavy (non-hydrogen) atoms. The molecule has 3 heterocycles. The van der Waals surface area contributed by atoms with Crippen molar-refractivity contribution in [2.75, 3.05) is 13.1 Å². The van der Waals surface area contributed by atoms with E-state index in [1.165, 1.54) is 18.4 Å². The first kappa shape index (κ1) is 17.2. The summed E-state index contributed by atoms with van der Waals surface area (Å²) in [6.07, 6.45) is 7.09. The lowest BCUT2D eigenvalue weighted by atomic mass is 10.00. The molecule has 2 aromatic heterocycles. The summed E-state index contributed by atoms with van der Waals surface area (Å²) >= 11 is 0. The van der Waals surface area contributed by atoms with Crippen LogP contribution in [0.25, 0.3) is 0 Å². The molecule has 0 bridgehead atoms. The van der Waals surface area contributed by atoms with Gasteiger partial charge in [-0.25, -0.2) is 0 Å². The molecule has 2 atom stereocenters. The lowest BCUT2D eigenvalue weighted by molar-refractivity contribution is 0.147. The highest BCUT2D eigenvalue weighted by Gasteiger charge is 2.25. The van der Waals surface area contributed by atoms with Gasteiger partial charge in [0.1, 0.15) is 11.5 Å². The Morgan fingerprint density at radius 3 is 2.50 bits per heavy atom. The number of piperidine rings is 1. The fourth-order valence-electron chi connectivity index (χ4n) is 3.56. The Balaban J connectivity index is 1.50. The summed E-state index contributed by atoms with van der Waals surface area (Å²) in [7, 11) is 0. The zero-order valence-corrected chi connectivity index (χ0v) is 15.0. The number of aryl methyl sites for hydroxylation is 1. The minimum Gasteiger partial charge on any atom is -0.464 e. The van der Waals surface area contributed by atoms with Crippen LogP contribution in [-0.4, -0.2) is 29.0 Å². The molecule has 0 aliphatic carbocycles. The Hall–Kier alpha value is -1.65. The van der Waals surface area contributed by atoms with E-state index < -0.39 is 0 Å². The van der Waals surface area contributed by atoms with Crippen LogP contribution in [0.2, 0.25) is 0 Å². The predicted molar refractivity (Wildman–Crippen MR) is 96.9 cm³/mol. The normalized spacial score (nSPS) is 19.3. The Morgan fingerprint density at radius 1 is 1.17 bits per heavy atom. The van der Waals surface area contributed by atoms with Gasteiger partial charge in [-0.1, -0.05) is 6.92 Å². The van der Waals surface area contributed by atoms with Crippen molar-refractivity contribution in [2.45, 2.75) is 58.2 Å². The number of hydrogen-bond donors (Lipinski definition) is 1. The first-order valence-electron chi connectivity index (χ1n) is 9.16. The minimum absolute atomic E-state index is 0.277. The van der Waals surface area contributed by atoms with Crippen molar-refractivity contribution < 1.29 is 4.42 Å². The number of nitrogens with zero attached hydrogens (tertiary/aromatic N) is 2. The van der Waals surface area contributed by atoms with E-state index in [0.29, 0.717) is 12.1 Å². The Bertz CT molecular complexity index is 617. The molecular formula is C20H29N3O. The maximum Gasteiger partial charge on any atom is 0.120 e. The molecule has 3 rings (SSSR count). The number of rotatable bonds is 6. The van der Waals surface area contributed by atoms with E-state index in [4.69, 9.17) is 4.42 Å². The molecule has 0 unspecified atom stereocenters. The van der Waals surface area contributed by atoms with Crippen LogP contribution >= 0.6 is 0 Å². The van der Waals surface area contributed by atoms with Crippen LogP contribution in [0.15, 0.2) is 41.1 Å². The molecule has 0 saturated carbocycles. The van der Waals surface area contributed by atoms with E-state index in [2.05, 4.69) is 60.2 Å². The topological polar surface area (TPSA) is 41.3 Å². The first-order chi connectivity index (χ1) is 11.7. The van der Waals surface area contributed by atoms with Crippen LogP contribution in [0.3, 0.4) is 0 Å². The number of furan rings is 1. The molecule has 4 nitrogen and oxygen atoms in total. The maximum absolute atomic E-state index is 5.87. The van der Waals surface area contributed by atoms with Gasteiger partial charge in [0.15, 0.2) is 0 Å². The van der Waals surface area contributed by atoms with Crippen molar-refractivity contribution in [3.63, 3.8) is 0 Å². The molecule has 130 valence electrons. The lowest BCUT2D eigenvalue weighted by Crippen LogP contribution is -2.44. The van der Waals surface area contributed by atoms with Crippen molar-refractivity contribution >= 4 is 0 Å². The van der Waals surface area contributed by atoms with Crippen LogP contribution in [0, 0.1) is 0 Å². The molecule has 4 heteroatoms. The van der Waals surface area contributed by atoms with E-state index in [9.17, 15) is 0 Å². The number of aromatic nitrogens is 1. The van der Waals surface area contributed by atoms with Gasteiger partial charge in [-0.15, -0.1) is 0 Å². The predicted octanol–water partition coefficient (Wildman–Crippen LogP) is 4.11. The number of hydrogen-bond acceptors (Lipinski definition) is 4. The van der Waals surface area contributed by atoms with Gasteiger partial charge in [0.05, 0.1) is 6.04 Å². The minimum atomic E-state index is 0.277. The Labute approximate surface area is 145 Å². The monoisotopic (exact) mass is 327 g/mol. The molecule has 1 saturated heterocycles. The highest BCUT2D eigenvalue weighted by Crippen LogP contribution is 2.25. The molecule has 1 aliphatic heterocycles. The van der Waals surface area contributed by atoms with Gasteiger partial charge in [0.25, 0.3) is 0 Å². The number of nitrogens with one attached hydrogen (secondary N) is 1. The van der Waals surface area contributed by atoms with Gasteiger partial charge in [-0.2, -0.15) is 0 Å². The van der Waals surface area contributed by atoms with Crippen molar-refractivity contribution in [3.05, 3.63) is 53.7 Å². The van der Waals surface area contributed by atoms with Gasteiger partial charge in [-0.05, 0) is 56.5 Å². The summed E-state index contributed by atoms with van der Waals surface area (Å²) in [4.78, 5) is 6.69. The summed E-state index contributed by atoms with van der Waals surface area (Å²) in [6.45, 7) is 8.88. The second-order valence-corrected chi connectivity index (χ2v) is 6.81. The van der Waals surface area contributed by atoms with Crippen LogP contribution in [0.4, 0.5) is 0 Å². The average molecular weight is 327 g/mol. The highest BCUT2D eigenvalue weighted by atomic mass is 16.3. The first-order valence-corrected chi connectivity index (χ1v) is 9.16. The Morgan fingerprint density at radius 2 is 1.88 bits per heavy atom. The van der Waals surface area contributed by atoms with Gasteiger partial charge < -0.3 is 9.73 Å². The summed E-state index contributed by atoms with van der Waals surface area (Å²) < 4.78 is 5.87. The second kappa shape index (κ2) is 7.95. The zero-order chi connectivity index (χ0) is 16.9. The fourth-order valence-corrected chi connectivity index (χ4v) is 3.56. The van der Waals surface area contributed by atoms with E-state index in [1.54, 1.807) is 0 Å². The standard InChI is InChI=1S/C20H29N3O/c1-4-19-5-6-20(24-19)15(2)22-18-9-13-23(14-10-18)16(3)17-7-11-21-12-8-17/h5-8,11-12,15-16,18,22H,4,9-10,13-14H2,1-3H3/t15-,16+/m0/s1. The van der Waals surface area contributed by atoms with E-state index >= 15 is 0 Å². The van der Waals surface area contributed by atoms with Gasteiger partial charge >= 0.3 is 0 Å². The third kappa shape index (κ3) is 4.05. The van der Waals surface area contributed by atoms with E-state index in [1.807, 2.05) is 12.4 Å². The molecule has 1 aliphatic rings. The Kier molecular flexibility index (Phi) is 5.69. The number of likely N-dealkylation sites (tertiary alicyclic amines) is 1. The van der Waals surface area contributed by atoms with Crippen molar-refractivity contribution in [1.29, 1.82) is 0 Å². The van der Waals surface area contributed by atoms with E-state index in [0.717, 1.165) is 31.0 Å². The van der Waals surface area contributed by atoms with Crippen molar-refractivity contribution in [2.24, 2.45) is 0 Å². The molecular weight excluding hydrogens is 298 g/mol. The van der Waals surface area contributed by atoms with Gasteiger partial charge in [0.2, 0.25) is 0 Å². The molecule has 0 amide bonds. The van der Waals surface area contributed by atoms with Crippen LogP contribution in [0.1, 0.15) is 62.8 Å². The van der Waals surface area contributed by atoms with Crippen molar-refractivity contribution in [3.8, 4) is 0 Å². The zero-order valence-electron chi connectivity index (χ0n) is 15.0. The molecule has 0 radical (unpaired) electrons. The SMILES string of the molecule is CCc1ccc([C@H](C)NC2CCN([C@H](C)c3ccncc3)CC2)o1. The third-order valence-electron chi connectivity index (χ3n) is 5.21.